The van der Waals surface area contributed by atoms with E-state index in [0.717, 1.165) is 21.9 Å². The topological polar surface area (TPSA) is 21.6 Å². The fourth-order valence-corrected chi connectivity index (χ4v) is 2.94. The first kappa shape index (κ1) is 12.8. The van der Waals surface area contributed by atoms with Crippen LogP contribution in [0.2, 0.25) is 5.02 Å². The van der Waals surface area contributed by atoms with Crippen LogP contribution in [0, 0.1) is 0 Å². The van der Waals surface area contributed by atoms with E-state index in [1.54, 1.807) is 11.8 Å². The number of thioether (sulfide) groups is 1. The number of halogens is 1. The van der Waals surface area contributed by atoms with E-state index < -0.39 is 0 Å². The van der Waals surface area contributed by atoms with Crippen molar-refractivity contribution in [3.8, 4) is 0 Å². The Balaban J connectivity index is 2.36. The van der Waals surface area contributed by atoms with Crippen molar-refractivity contribution >= 4 is 29.3 Å². The second kappa shape index (κ2) is 4.91. The normalized spacial score (nSPS) is 17.1. The fraction of sp³-hybridized carbons (Fsp3) is 0.462. The first-order valence-electron chi connectivity index (χ1n) is 5.53. The number of aliphatic imine (C=N–C) groups is 1. The van der Waals surface area contributed by atoms with Gasteiger partial charge in [-0.15, -0.1) is 0 Å². The Hall–Kier alpha value is -0.670. The molecule has 0 saturated carbocycles. The molecule has 2 rings (SSSR count). The van der Waals surface area contributed by atoms with E-state index in [0.29, 0.717) is 12.5 Å². The van der Waals surface area contributed by atoms with Crippen molar-refractivity contribution in [3.63, 3.8) is 0 Å². The molecule has 0 bridgehead atoms. The molecule has 17 heavy (non-hydrogen) atoms. The monoisotopic (exact) mass is 269 g/mol. The van der Waals surface area contributed by atoms with Crippen molar-refractivity contribution in [1.82, 2.24) is 0 Å². The number of rotatable bonds is 3. The molecular weight excluding hydrogens is 254 g/mol. The molecule has 0 N–H and O–H groups in total. The van der Waals surface area contributed by atoms with Crippen LogP contribution in [0.1, 0.15) is 25.0 Å². The maximum absolute atomic E-state index is 6.20. The van der Waals surface area contributed by atoms with Gasteiger partial charge in [0.25, 0.3) is 0 Å². The first-order valence-corrected chi connectivity index (χ1v) is 7.30. The van der Waals surface area contributed by atoms with E-state index >= 15 is 0 Å². The highest BCUT2D eigenvalue weighted by molar-refractivity contribution is 7.98. The minimum absolute atomic E-state index is 0.129. The molecule has 1 aliphatic heterocycles. The van der Waals surface area contributed by atoms with Crippen molar-refractivity contribution in [2.24, 2.45) is 4.99 Å². The lowest BCUT2D eigenvalue weighted by Gasteiger charge is -2.19. The van der Waals surface area contributed by atoms with Crippen LogP contribution in [-0.4, -0.2) is 23.4 Å². The predicted octanol–water partition coefficient (Wildman–Crippen LogP) is 3.76. The average molecular weight is 270 g/mol. The Labute approximate surface area is 111 Å². The molecule has 1 aromatic rings. The zero-order valence-electron chi connectivity index (χ0n) is 10.3. The molecule has 0 spiro atoms. The van der Waals surface area contributed by atoms with Gasteiger partial charge in [0.15, 0.2) is 0 Å². The van der Waals surface area contributed by atoms with E-state index in [9.17, 15) is 0 Å². The van der Waals surface area contributed by atoms with Gasteiger partial charge in [0.1, 0.15) is 6.61 Å². The van der Waals surface area contributed by atoms with Crippen LogP contribution in [0.15, 0.2) is 23.2 Å². The number of hydrogen-bond acceptors (Lipinski definition) is 3. The molecule has 1 aliphatic rings. The second-order valence-corrected chi connectivity index (χ2v) is 6.00. The van der Waals surface area contributed by atoms with Gasteiger partial charge in [-0.3, -0.25) is 0 Å². The molecule has 0 unspecified atom stereocenters. The van der Waals surface area contributed by atoms with Gasteiger partial charge in [0.2, 0.25) is 5.90 Å². The molecule has 0 aromatic heterocycles. The number of nitrogens with zero attached hydrogens (tertiary/aromatic N) is 1. The van der Waals surface area contributed by atoms with Gasteiger partial charge in [-0.2, -0.15) is 11.8 Å². The highest BCUT2D eigenvalue weighted by Gasteiger charge is 2.25. The summed E-state index contributed by atoms with van der Waals surface area (Å²) in [5.41, 5.74) is 1.95. The van der Waals surface area contributed by atoms with Crippen molar-refractivity contribution in [3.05, 3.63) is 34.3 Å². The minimum atomic E-state index is -0.129. The van der Waals surface area contributed by atoms with Gasteiger partial charge in [0, 0.05) is 11.3 Å². The van der Waals surface area contributed by atoms with Gasteiger partial charge < -0.3 is 4.74 Å². The standard InChI is InChI=1S/C13H16ClNOS/c1-13(2,8-17-3)15-12-11-9(7-16-12)5-4-6-10(11)14/h4-6H,7-8H2,1-3H3. The predicted molar refractivity (Wildman–Crippen MR) is 75.2 cm³/mol. The van der Waals surface area contributed by atoms with E-state index in [1.165, 1.54) is 0 Å². The van der Waals surface area contributed by atoms with Crippen molar-refractivity contribution in [1.29, 1.82) is 0 Å². The molecule has 0 saturated heterocycles. The summed E-state index contributed by atoms with van der Waals surface area (Å²) < 4.78 is 5.64. The summed E-state index contributed by atoms with van der Waals surface area (Å²) in [6.07, 6.45) is 2.08. The highest BCUT2D eigenvalue weighted by atomic mass is 35.5. The van der Waals surface area contributed by atoms with Crippen LogP contribution in [0.5, 0.6) is 0 Å². The van der Waals surface area contributed by atoms with Crippen molar-refractivity contribution in [2.45, 2.75) is 26.0 Å². The van der Waals surface area contributed by atoms with Crippen LogP contribution in [0.25, 0.3) is 0 Å². The van der Waals surface area contributed by atoms with Crippen LogP contribution in [0.3, 0.4) is 0 Å². The zero-order chi connectivity index (χ0) is 12.5. The largest absolute Gasteiger partial charge is 0.473 e. The average Bonchev–Trinajstić information content (AvgIpc) is 2.62. The summed E-state index contributed by atoms with van der Waals surface area (Å²) in [5, 5.41) is 0.721. The van der Waals surface area contributed by atoms with E-state index in [-0.39, 0.29) is 5.54 Å². The molecule has 1 aromatic carbocycles. The molecule has 0 aliphatic carbocycles. The lowest BCUT2D eigenvalue weighted by atomic mass is 10.1. The molecule has 0 atom stereocenters. The first-order chi connectivity index (χ1) is 8.03. The van der Waals surface area contributed by atoms with Gasteiger partial charge >= 0.3 is 0 Å². The van der Waals surface area contributed by atoms with Gasteiger partial charge in [-0.25, -0.2) is 4.99 Å². The molecule has 4 heteroatoms. The van der Waals surface area contributed by atoms with Crippen molar-refractivity contribution < 1.29 is 4.74 Å². The number of benzene rings is 1. The molecule has 92 valence electrons. The maximum Gasteiger partial charge on any atom is 0.218 e. The van der Waals surface area contributed by atoms with Gasteiger partial charge in [-0.05, 0) is 26.2 Å². The Bertz CT molecular complexity index is 457. The quantitative estimate of drug-likeness (QED) is 0.833. The van der Waals surface area contributed by atoms with Gasteiger partial charge in [0.05, 0.1) is 16.1 Å². The summed E-state index contributed by atoms with van der Waals surface area (Å²) in [6.45, 7) is 4.79. The van der Waals surface area contributed by atoms with E-state index in [2.05, 4.69) is 25.1 Å². The smallest absolute Gasteiger partial charge is 0.218 e. The molecule has 1 heterocycles. The van der Waals surface area contributed by atoms with Crippen LogP contribution in [-0.2, 0) is 11.3 Å². The molecular formula is C13H16ClNOS. The van der Waals surface area contributed by atoms with Gasteiger partial charge in [-0.1, -0.05) is 23.7 Å². The molecule has 0 fully saturated rings. The number of ether oxygens (including phenoxy) is 1. The Kier molecular flexibility index (Phi) is 3.69. The van der Waals surface area contributed by atoms with E-state index in [1.807, 2.05) is 18.2 Å². The Morgan fingerprint density at radius 3 is 2.94 bits per heavy atom. The third-order valence-electron chi connectivity index (χ3n) is 2.58. The lowest BCUT2D eigenvalue weighted by molar-refractivity contribution is 0.307. The highest BCUT2D eigenvalue weighted by Crippen LogP contribution is 2.29. The third-order valence-corrected chi connectivity index (χ3v) is 3.89. The van der Waals surface area contributed by atoms with Crippen LogP contribution in [0.4, 0.5) is 0 Å². The molecule has 0 amide bonds. The molecule has 2 nitrogen and oxygen atoms in total. The van der Waals surface area contributed by atoms with Crippen molar-refractivity contribution in [2.75, 3.05) is 12.0 Å². The summed E-state index contributed by atoms with van der Waals surface area (Å²) in [6, 6.07) is 5.86. The maximum atomic E-state index is 6.20. The summed E-state index contributed by atoms with van der Waals surface area (Å²) in [7, 11) is 0. The molecule has 0 radical (unpaired) electrons. The zero-order valence-corrected chi connectivity index (χ0v) is 11.9. The second-order valence-electron chi connectivity index (χ2n) is 4.73. The summed E-state index contributed by atoms with van der Waals surface area (Å²) in [4.78, 5) is 4.69. The third kappa shape index (κ3) is 2.78. The van der Waals surface area contributed by atoms with Crippen LogP contribution >= 0.6 is 23.4 Å². The van der Waals surface area contributed by atoms with E-state index in [4.69, 9.17) is 16.3 Å². The van der Waals surface area contributed by atoms with Crippen LogP contribution < -0.4 is 0 Å². The number of fused-ring (bicyclic) bond motifs is 1. The summed E-state index contributed by atoms with van der Waals surface area (Å²) in [5.74, 6) is 1.64. The fourth-order valence-electron chi connectivity index (χ4n) is 1.90. The minimum Gasteiger partial charge on any atom is -0.473 e. The Morgan fingerprint density at radius 2 is 2.24 bits per heavy atom. The Morgan fingerprint density at radius 1 is 1.47 bits per heavy atom. The summed E-state index contributed by atoms with van der Waals surface area (Å²) >= 11 is 7.99. The lowest BCUT2D eigenvalue weighted by Crippen LogP contribution is -2.22. The number of hydrogen-bond donors (Lipinski definition) is 0. The SMILES string of the molecule is CSCC(C)(C)N=C1OCc2cccc(Cl)c21.